The van der Waals surface area contributed by atoms with E-state index < -0.39 is 0 Å². The number of ether oxygens (including phenoxy) is 3. The van der Waals surface area contributed by atoms with E-state index in [-0.39, 0.29) is 18.3 Å². The van der Waals surface area contributed by atoms with Gasteiger partial charge in [-0.15, -0.1) is 0 Å². The molecule has 118 valence electrons. The highest BCUT2D eigenvalue weighted by molar-refractivity contribution is 5.99. The topological polar surface area (TPSA) is 66.8 Å². The Morgan fingerprint density at radius 2 is 1.91 bits per heavy atom. The molecule has 2 aromatic rings. The molecule has 6 nitrogen and oxygen atoms in total. The monoisotopic (exact) mass is 305 g/mol. The van der Waals surface area contributed by atoms with Crippen molar-refractivity contribution in [3.63, 3.8) is 0 Å². The van der Waals surface area contributed by atoms with Crippen LogP contribution in [0.25, 0.3) is 10.9 Å². The SMILES string of the molecule is CCOC(=O)Cc1cn(C(C)=O)c2cc(OC)cc(OC)c12. The van der Waals surface area contributed by atoms with Crippen molar-refractivity contribution in [3.05, 3.63) is 23.9 Å². The van der Waals surface area contributed by atoms with Crippen molar-refractivity contribution in [1.29, 1.82) is 0 Å². The number of methoxy groups -OCH3 is 2. The van der Waals surface area contributed by atoms with Gasteiger partial charge < -0.3 is 14.2 Å². The molecule has 0 aliphatic rings. The summed E-state index contributed by atoms with van der Waals surface area (Å²) in [5.74, 6) is 0.625. The Labute approximate surface area is 128 Å². The van der Waals surface area contributed by atoms with Gasteiger partial charge in [0.1, 0.15) is 11.5 Å². The maximum Gasteiger partial charge on any atom is 0.310 e. The van der Waals surface area contributed by atoms with Gasteiger partial charge in [0, 0.05) is 30.6 Å². The van der Waals surface area contributed by atoms with E-state index in [9.17, 15) is 9.59 Å². The third kappa shape index (κ3) is 2.90. The molecule has 1 heterocycles. The number of rotatable bonds is 5. The number of esters is 1. The van der Waals surface area contributed by atoms with Crippen molar-refractivity contribution in [2.24, 2.45) is 0 Å². The molecule has 0 aliphatic heterocycles. The summed E-state index contributed by atoms with van der Waals surface area (Å²) in [5, 5.41) is 0.714. The summed E-state index contributed by atoms with van der Waals surface area (Å²) in [6, 6.07) is 3.47. The number of aromatic nitrogens is 1. The summed E-state index contributed by atoms with van der Waals surface area (Å²) in [7, 11) is 3.08. The molecule has 0 fully saturated rings. The molecule has 0 radical (unpaired) electrons. The predicted molar refractivity (Wildman–Crippen MR) is 81.7 cm³/mol. The van der Waals surface area contributed by atoms with Gasteiger partial charge in [-0.3, -0.25) is 14.2 Å². The summed E-state index contributed by atoms with van der Waals surface area (Å²) in [6.45, 7) is 3.52. The Bertz CT molecular complexity index is 717. The van der Waals surface area contributed by atoms with Crippen LogP contribution in [0.5, 0.6) is 11.5 Å². The van der Waals surface area contributed by atoms with E-state index in [1.54, 1.807) is 32.4 Å². The van der Waals surface area contributed by atoms with Crippen molar-refractivity contribution < 1.29 is 23.8 Å². The van der Waals surface area contributed by atoms with Crippen molar-refractivity contribution in [1.82, 2.24) is 4.57 Å². The maximum atomic E-state index is 11.8. The Balaban J connectivity index is 2.66. The van der Waals surface area contributed by atoms with Crippen LogP contribution in [-0.4, -0.2) is 37.3 Å². The van der Waals surface area contributed by atoms with Gasteiger partial charge in [0.05, 0.1) is 32.8 Å². The molecule has 0 saturated carbocycles. The Morgan fingerprint density at radius 3 is 2.45 bits per heavy atom. The van der Waals surface area contributed by atoms with Gasteiger partial charge >= 0.3 is 5.97 Å². The molecule has 6 heteroatoms. The summed E-state index contributed by atoms with van der Waals surface area (Å²) in [5.41, 5.74) is 1.33. The van der Waals surface area contributed by atoms with E-state index >= 15 is 0 Å². The van der Waals surface area contributed by atoms with Crippen LogP contribution < -0.4 is 9.47 Å². The second-order valence-electron chi connectivity index (χ2n) is 4.75. The molecule has 0 saturated heterocycles. The number of carbonyl (C=O) groups excluding carboxylic acids is 2. The Kier molecular flexibility index (Phi) is 4.70. The molecule has 1 aromatic heterocycles. The minimum Gasteiger partial charge on any atom is -0.497 e. The van der Waals surface area contributed by atoms with Gasteiger partial charge in [-0.1, -0.05) is 0 Å². The lowest BCUT2D eigenvalue weighted by Gasteiger charge is -2.08. The van der Waals surface area contributed by atoms with E-state index in [0.717, 1.165) is 0 Å². The molecule has 0 amide bonds. The van der Waals surface area contributed by atoms with Gasteiger partial charge in [-0.05, 0) is 12.5 Å². The second kappa shape index (κ2) is 6.51. The van der Waals surface area contributed by atoms with Gasteiger partial charge in [0.2, 0.25) is 5.91 Å². The van der Waals surface area contributed by atoms with Crippen LogP contribution in [0, 0.1) is 0 Å². The highest BCUT2D eigenvalue weighted by atomic mass is 16.5. The highest BCUT2D eigenvalue weighted by Gasteiger charge is 2.19. The second-order valence-corrected chi connectivity index (χ2v) is 4.75. The first kappa shape index (κ1) is 15.9. The van der Waals surface area contributed by atoms with Crippen LogP contribution in [0.4, 0.5) is 0 Å². The van der Waals surface area contributed by atoms with Gasteiger partial charge in [0.25, 0.3) is 0 Å². The number of fused-ring (bicyclic) bond motifs is 1. The number of benzene rings is 1. The zero-order chi connectivity index (χ0) is 16.3. The van der Waals surface area contributed by atoms with Crippen molar-refractivity contribution in [2.75, 3.05) is 20.8 Å². The number of nitrogens with zero attached hydrogens (tertiary/aromatic N) is 1. The lowest BCUT2D eigenvalue weighted by atomic mass is 10.1. The molecule has 0 unspecified atom stereocenters. The van der Waals surface area contributed by atoms with Crippen molar-refractivity contribution >= 4 is 22.8 Å². The molecular formula is C16H19NO5. The number of hydrogen-bond acceptors (Lipinski definition) is 5. The summed E-state index contributed by atoms with van der Waals surface area (Å²) in [6.07, 6.45) is 1.72. The molecule has 0 N–H and O–H groups in total. The molecule has 0 spiro atoms. The molecule has 22 heavy (non-hydrogen) atoms. The number of hydrogen-bond donors (Lipinski definition) is 0. The fraction of sp³-hybridized carbons (Fsp3) is 0.375. The highest BCUT2D eigenvalue weighted by Crippen LogP contribution is 2.35. The third-order valence-electron chi connectivity index (χ3n) is 3.36. The first-order valence-corrected chi connectivity index (χ1v) is 6.94. The van der Waals surface area contributed by atoms with Gasteiger partial charge in [-0.25, -0.2) is 0 Å². The Morgan fingerprint density at radius 1 is 1.18 bits per heavy atom. The number of carbonyl (C=O) groups is 2. The maximum absolute atomic E-state index is 11.8. The van der Waals surface area contributed by atoms with E-state index in [4.69, 9.17) is 14.2 Å². The van der Waals surface area contributed by atoms with E-state index in [2.05, 4.69) is 0 Å². The van der Waals surface area contributed by atoms with E-state index in [1.807, 2.05) is 0 Å². The Hall–Kier alpha value is -2.50. The first-order valence-electron chi connectivity index (χ1n) is 6.94. The lowest BCUT2D eigenvalue weighted by Crippen LogP contribution is -2.07. The van der Waals surface area contributed by atoms with Crippen LogP contribution in [0.1, 0.15) is 24.2 Å². The fourth-order valence-electron chi connectivity index (χ4n) is 2.42. The van der Waals surface area contributed by atoms with Crippen LogP contribution in [0.15, 0.2) is 18.3 Å². The molecule has 2 rings (SSSR count). The molecule has 0 atom stereocenters. The van der Waals surface area contributed by atoms with Crippen LogP contribution in [0.2, 0.25) is 0 Å². The van der Waals surface area contributed by atoms with Gasteiger partial charge in [0.15, 0.2) is 0 Å². The van der Waals surface area contributed by atoms with Crippen molar-refractivity contribution in [2.45, 2.75) is 20.3 Å². The summed E-state index contributed by atoms with van der Waals surface area (Å²) in [4.78, 5) is 23.6. The van der Waals surface area contributed by atoms with E-state index in [1.165, 1.54) is 18.6 Å². The average molecular weight is 305 g/mol. The fourth-order valence-corrected chi connectivity index (χ4v) is 2.42. The molecule has 1 aromatic carbocycles. The largest absolute Gasteiger partial charge is 0.497 e. The average Bonchev–Trinajstić information content (AvgIpc) is 2.85. The summed E-state index contributed by atoms with van der Waals surface area (Å²) >= 11 is 0. The third-order valence-corrected chi connectivity index (χ3v) is 3.36. The standard InChI is InChI=1S/C16H19NO5/c1-5-22-15(19)6-11-9-17(10(2)18)13-7-12(20-3)8-14(21-4)16(11)13/h7-9H,5-6H2,1-4H3. The smallest absolute Gasteiger partial charge is 0.310 e. The normalized spacial score (nSPS) is 10.5. The van der Waals surface area contributed by atoms with Crippen LogP contribution >= 0.6 is 0 Å². The molecule has 0 aliphatic carbocycles. The van der Waals surface area contributed by atoms with Crippen LogP contribution in [-0.2, 0) is 16.0 Å². The quantitative estimate of drug-likeness (QED) is 0.794. The zero-order valence-electron chi connectivity index (χ0n) is 13.1. The van der Waals surface area contributed by atoms with E-state index in [0.29, 0.717) is 34.6 Å². The minimum atomic E-state index is -0.344. The first-order chi connectivity index (χ1) is 10.5. The zero-order valence-corrected chi connectivity index (χ0v) is 13.1. The lowest BCUT2D eigenvalue weighted by molar-refractivity contribution is -0.142. The van der Waals surface area contributed by atoms with Gasteiger partial charge in [-0.2, -0.15) is 0 Å². The minimum absolute atomic E-state index is 0.0767. The van der Waals surface area contributed by atoms with Crippen LogP contribution in [0.3, 0.4) is 0 Å². The molecule has 0 bridgehead atoms. The molecular weight excluding hydrogens is 286 g/mol. The van der Waals surface area contributed by atoms with Crippen molar-refractivity contribution in [3.8, 4) is 11.5 Å². The summed E-state index contributed by atoms with van der Waals surface area (Å²) < 4.78 is 17.1. The predicted octanol–water partition coefficient (Wildman–Crippen LogP) is 2.42.